The largest absolute Gasteiger partial charge is 0.378 e. The molecule has 18 heavy (non-hydrogen) atoms. The first-order valence-corrected chi connectivity index (χ1v) is 5.72. The standard InChI is InChI=1S/C14H17N3O/c1-10-15-13(14(18)17(10)4)9-11-5-7-12(8-6-11)16(2)3/h5-9,15H,1H2,2-4H3/b13-9-. The molecule has 1 aromatic carbocycles. The Balaban J connectivity index is 2.47. The number of aromatic amines is 1. The first kappa shape index (κ1) is 12.2. The van der Waals surface area contributed by atoms with Gasteiger partial charge in [0.25, 0.3) is 5.56 Å². The van der Waals surface area contributed by atoms with Crippen LogP contribution in [0.2, 0.25) is 0 Å². The molecule has 0 unspecified atom stereocenters. The van der Waals surface area contributed by atoms with Gasteiger partial charge in [-0.15, -0.1) is 0 Å². The number of rotatable bonds is 2. The van der Waals surface area contributed by atoms with Gasteiger partial charge in [0, 0.05) is 26.8 Å². The van der Waals surface area contributed by atoms with Gasteiger partial charge in [0.05, 0.1) is 0 Å². The van der Waals surface area contributed by atoms with Crippen LogP contribution in [0.3, 0.4) is 0 Å². The Morgan fingerprint density at radius 3 is 2.33 bits per heavy atom. The molecule has 1 aromatic heterocycles. The van der Waals surface area contributed by atoms with Crippen molar-refractivity contribution in [3.8, 4) is 0 Å². The minimum Gasteiger partial charge on any atom is -0.378 e. The molecule has 0 radical (unpaired) electrons. The van der Waals surface area contributed by atoms with Crippen LogP contribution in [0.4, 0.5) is 5.69 Å². The van der Waals surface area contributed by atoms with Crippen molar-refractivity contribution >= 4 is 18.3 Å². The van der Waals surface area contributed by atoms with Crippen LogP contribution >= 0.6 is 0 Å². The molecule has 1 N–H and O–H groups in total. The second kappa shape index (κ2) is 4.56. The lowest BCUT2D eigenvalue weighted by atomic mass is 10.2. The van der Waals surface area contributed by atoms with Crippen molar-refractivity contribution in [2.75, 3.05) is 19.0 Å². The van der Waals surface area contributed by atoms with E-state index in [9.17, 15) is 4.79 Å². The topological polar surface area (TPSA) is 41.0 Å². The van der Waals surface area contributed by atoms with Gasteiger partial charge < -0.3 is 9.88 Å². The van der Waals surface area contributed by atoms with Crippen LogP contribution in [-0.2, 0) is 7.05 Å². The molecule has 0 aliphatic rings. The van der Waals surface area contributed by atoms with Crippen LogP contribution < -0.4 is 21.3 Å². The molecule has 2 rings (SSSR count). The fraction of sp³-hybridized carbons (Fsp3) is 0.214. The van der Waals surface area contributed by atoms with Gasteiger partial charge in [-0.2, -0.15) is 0 Å². The normalized spacial score (nSPS) is 11.8. The number of nitrogens with zero attached hydrogens (tertiary/aromatic N) is 2. The number of benzene rings is 1. The lowest BCUT2D eigenvalue weighted by Gasteiger charge is -2.11. The van der Waals surface area contributed by atoms with E-state index in [1.165, 1.54) is 4.57 Å². The predicted octanol–water partition coefficient (Wildman–Crippen LogP) is 0.0185. The molecule has 1 heterocycles. The lowest BCUT2D eigenvalue weighted by molar-refractivity contribution is 0.840. The SMILES string of the molecule is C=c1[nH]/c(=C\c2ccc(N(C)C)cc2)c(=O)n1C. The minimum atomic E-state index is -0.0586. The molecule has 0 aliphatic carbocycles. The van der Waals surface area contributed by atoms with E-state index < -0.39 is 0 Å². The van der Waals surface area contributed by atoms with Crippen molar-refractivity contribution in [3.63, 3.8) is 0 Å². The van der Waals surface area contributed by atoms with Crippen LogP contribution in [-0.4, -0.2) is 23.6 Å². The van der Waals surface area contributed by atoms with Crippen LogP contribution in [0.25, 0.3) is 12.7 Å². The first-order valence-electron chi connectivity index (χ1n) is 5.72. The van der Waals surface area contributed by atoms with E-state index in [1.807, 2.05) is 49.3 Å². The van der Waals surface area contributed by atoms with Gasteiger partial charge in [-0.1, -0.05) is 18.7 Å². The van der Waals surface area contributed by atoms with E-state index in [2.05, 4.69) is 11.6 Å². The number of H-pyrrole nitrogens is 1. The number of imidazole rings is 1. The predicted molar refractivity (Wildman–Crippen MR) is 75.1 cm³/mol. The molecule has 0 atom stereocenters. The quantitative estimate of drug-likeness (QED) is 0.808. The number of nitrogens with one attached hydrogen (secondary N) is 1. The summed E-state index contributed by atoms with van der Waals surface area (Å²) >= 11 is 0. The molecule has 4 nitrogen and oxygen atoms in total. The molecule has 0 saturated heterocycles. The van der Waals surface area contributed by atoms with Crippen molar-refractivity contribution in [2.24, 2.45) is 7.05 Å². The molecule has 94 valence electrons. The number of anilines is 1. The van der Waals surface area contributed by atoms with Gasteiger partial charge in [0.1, 0.15) is 10.8 Å². The molecule has 0 saturated carbocycles. The molecule has 0 spiro atoms. The summed E-state index contributed by atoms with van der Waals surface area (Å²) in [6, 6.07) is 8.01. The minimum absolute atomic E-state index is 0.0586. The average Bonchev–Trinajstić information content (AvgIpc) is 2.58. The van der Waals surface area contributed by atoms with Gasteiger partial charge in [0.2, 0.25) is 0 Å². The van der Waals surface area contributed by atoms with Crippen molar-refractivity contribution in [1.82, 2.24) is 9.55 Å². The Kier molecular flexibility index (Phi) is 3.10. The van der Waals surface area contributed by atoms with E-state index >= 15 is 0 Å². The Morgan fingerprint density at radius 1 is 1.28 bits per heavy atom. The number of aromatic nitrogens is 2. The molecule has 4 heteroatoms. The Hall–Kier alpha value is -2.23. The molecule has 0 fully saturated rings. The van der Waals surface area contributed by atoms with E-state index in [0.29, 0.717) is 10.8 Å². The molecule has 0 amide bonds. The van der Waals surface area contributed by atoms with Crippen LogP contribution in [0.5, 0.6) is 0 Å². The van der Waals surface area contributed by atoms with Gasteiger partial charge in [0.15, 0.2) is 0 Å². The maximum absolute atomic E-state index is 11.8. The van der Waals surface area contributed by atoms with E-state index in [1.54, 1.807) is 7.05 Å². The number of hydrogen-bond acceptors (Lipinski definition) is 2. The zero-order valence-corrected chi connectivity index (χ0v) is 10.9. The highest BCUT2D eigenvalue weighted by Gasteiger charge is 1.98. The fourth-order valence-electron chi connectivity index (χ4n) is 1.73. The third kappa shape index (κ3) is 2.22. The van der Waals surface area contributed by atoms with Gasteiger partial charge in [-0.05, 0) is 23.8 Å². The van der Waals surface area contributed by atoms with Crippen LogP contribution in [0, 0.1) is 0 Å². The molecule has 0 aliphatic heterocycles. The molecular formula is C14H17N3O. The highest BCUT2D eigenvalue weighted by Crippen LogP contribution is 2.12. The summed E-state index contributed by atoms with van der Waals surface area (Å²) < 4.78 is 1.50. The maximum Gasteiger partial charge on any atom is 0.275 e. The van der Waals surface area contributed by atoms with Gasteiger partial charge >= 0.3 is 0 Å². The Labute approximate surface area is 105 Å². The highest BCUT2D eigenvalue weighted by atomic mass is 16.1. The third-order valence-electron chi connectivity index (χ3n) is 2.94. The summed E-state index contributed by atoms with van der Waals surface area (Å²) in [4.78, 5) is 16.8. The second-order valence-electron chi connectivity index (χ2n) is 4.48. The summed E-state index contributed by atoms with van der Waals surface area (Å²) in [7, 11) is 5.69. The van der Waals surface area contributed by atoms with E-state index in [0.717, 1.165) is 11.3 Å². The Bertz CT molecular complexity index is 705. The van der Waals surface area contributed by atoms with Crippen molar-refractivity contribution in [1.29, 1.82) is 0 Å². The van der Waals surface area contributed by atoms with E-state index in [4.69, 9.17) is 0 Å². The van der Waals surface area contributed by atoms with Crippen molar-refractivity contribution in [2.45, 2.75) is 0 Å². The van der Waals surface area contributed by atoms with Crippen LogP contribution in [0.1, 0.15) is 5.56 Å². The summed E-state index contributed by atoms with van der Waals surface area (Å²) in [6.45, 7) is 3.76. The highest BCUT2D eigenvalue weighted by molar-refractivity contribution is 5.54. The van der Waals surface area contributed by atoms with Crippen molar-refractivity contribution in [3.05, 3.63) is 51.0 Å². The fourth-order valence-corrected chi connectivity index (χ4v) is 1.73. The maximum atomic E-state index is 11.8. The molecule has 0 bridgehead atoms. The summed E-state index contributed by atoms with van der Waals surface area (Å²) in [5, 5.41) is 0.556. The zero-order valence-electron chi connectivity index (χ0n) is 10.9. The van der Waals surface area contributed by atoms with Gasteiger partial charge in [-0.25, -0.2) is 0 Å². The number of hydrogen-bond donors (Lipinski definition) is 1. The summed E-state index contributed by atoms with van der Waals surface area (Å²) in [6.07, 6.45) is 1.83. The first-order chi connectivity index (χ1) is 8.49. The summed E-state index contributed by atoms with van der Waals surface area (Å²) in [5.41, 5.74) is 2.66. The molecular weight excluding hydrogens is 226 g/mol. The molecule has 2 aromatic rings. The second-order valence-corrected chi connectivity index (χ2v) is 4.48. The third-order valence-corrected chi connectivity index (χ3v) is 2.94. The van der Waals surface area contributed by atoms with Crippen LogP contribution in [0.15, 0.2) is 29.1 Å². The monoisotopic (exact) mass is 243 g/mol. The zero-order chi connectivity index (χ0) is 13.3. The Morgan fingerprint density at radius 2 is 1.89 bits per heavy atom. The smallest absolute Gasteiger partial charge is 0.275 e. The summed E-state index contributed by atoms with van der Waals surface area (Å²) in [5.74, 6) is 0. The van der Waals surface area contributed by atoms with Gasteiger partial charge in [-0.3, -0.25) is 9.36 Å². The van der Waals surface area contributed by atoms with Crippen molar-refractivity contribution < 1.29 is 0 Å². The average molecular weight is 243 g/mol. The van der Waals surface area contributed by atoms with E-state index in [-0.39, 0.29) is 5.56 Å². The lowest BCUT2D eigenvalue weighted by Crippen LogP contribution is -2.28.